The van der Waals surface area contributed by atoms with Crippen molar-refractivity contribution in [2.75, 3.05) is 6.54 Å². The molecule has 4 aliphatic rings. The molecule has 1 N–H and O–H groups in total. The van der Waals surface area contributed by atoms with Gasteiger partial charge in [-0.15, -0.1) is 0 Å². The van der Waals surface area contributed by atoms with Crippen molar-refractivity contribution in [1.29, 1.82) is 0 Å². The standard InChI is InChI=1S/C14H25N.C12H23N.C9H21N/c1-12(2,3)14-9-7-11(8-10-14)15(14)13(4,5)6;1-9(2)12-7-5-11(6-8-12)13(12)10(3)4;1-8(2,3)7-10-9(4,5)6/h7,9,11H,8,10H2,1-6H3;9-11H,5-8H2,1-4H3;10H,7H2,1-6H3. The van der Waals surface area contributed by atoms with Gasteiger partial charge >= 0.3 is 0 Å². The van der Waals surface area contributed by atoms with Crippen LogP contribution in [-0.2, 0) is 0 Å². The van der Waals surface area contributed by atoms with Crippen LogP contribution in [0.25, 0.3) is 0 Å². The molecule has 0 aromatic carbocycles. The van der Waals surface area contributed by atoms with Crippen LogP contribution in [0.1, 0.15) is 149 Å². The van der Waals surface area contributed by atoms with Gasteiger partial charge in [0.15, 0.2) is 0 Å². The highest BCUT2D eigenvalue weighted by molar-refractivity contribution is 5.29. The van der Waals surface area contributed by atoms with Gasteiger partial charge in [0.2, 0.25) is 0 Å². The summed E-state index contributed by atoms with van der Waals surface area (Å²) >= 11 is 0. The number of fused-ring (bicyclic) bond motifs is 4. The van der Waals surface area contributed by atoms with E-state index in [1.165, 1.54) is 38.5 Å². The monoisotopic (exact) mass is 532 g/mol. The summed E-state index contributed by atoms with van der Waals surface area (Å²) in [5, 5.41) is 3.46. The molecule has 0 saturated carbocycles. The Morgan fingerprint density at radius 1 is 0.789 bits per heavy atom. The third-order valence-corrected chi connectivity index (χ3v) is 9.71. The molecule has 0 aromatic rings. The van der Waals surface area contributed by atoms with Gasteiger partial charge in [0.25, 0.3) is 0 Å². The molecule has 4 aliphatic heterocycles. The molecule has 4 bridgehead atoms. The Morgan fingerprint density at radius 3 is 1.55 bits per heavy atom. The molecule has 0 aliphatic carbocycles. The Labute approximate surface area is 240 Å². The number of rotatable bonds is 3. The summed E-state index contributed by atoms with van der Waals surface area (Å²) in [6.07, 6.45) is 13.4. The molecule has 2 unspecified atom stereocenters. The lowest BCUT2D eigenvalue weighted by Crippen LogP contribution is -2.58. The minimum absolute atomic E-state index is 0.257. The predicted molar refractivity (Wildman–Crippen MR) is 170 cm³/mol. The van der Waals surface area contributed by atoms with E-state index in [-0.39, 0.29) is 11.1 Å². The van der Waals surface area contributed by atoms with Crippen molar-refractivity contribution < 1.29 is 0 Å². The van der Waals surface area contributed by atoms with Gasteiger partial charge in [0.1, 0.15) is 0 Å². The second-order valence-electron chi connectivity index (χ2n) is 17.8. The van der Waals surface area contributed by atoms with Crippen LogP contribution in [0.2, 0.25) is 0 Å². The second kappa shape index (κ2) is 11.5. The van der Waals surface area contributed by atoms with Gasteiger partial charge in [-0.05, 0) is 111 Å². The van der Waals surface area contributed by atoms with Crippen LogP contribution in [0, 0.1) is 16.7 Å². The van der Waals surface area contributed by atoms with Crippen molar-refractivity contribution in [3.8, 4) is 0 Å². The van der Waals surface area contributed by atoms with Crippen molar-refractivity contribution in [3.05, 3.63) is 12.2 Å². The van der Waals surface area contributed by atoms with E-state index in [9.17, 15) is 0 Å². The van der Waals surface area contributed by atoms with Gasteiger partial charge in [0.05, 0.1) is 0 Å². The van der Waals surface area contributed by atoms with E-state index in [4.69, 9.17) is 0 Å². The highest BCUT2D eigenvalue weighted by atomic mass is 15.3. The molecule has 3 nitrogen and oxygen atoms in total. The minimum atomic E-state index is 0.257. The zero-order valence-electron chi connectivity index (χ0n) is 28.8. The third kappa shape index (κ3) is 7.47. The van der Waals surface area contributed by atoms with E-state index in [1.807, 2.05) is 0 Å². The Bertz CT molecular complexity index is 758. The normalized spacial score (nSPS) is 31.6. The Morgan fingerprint density at radius 2 is 1.32 bits per heavy atom. The summed E-state index contributed by atoms with van der Waals surface area (Å²) in [6.45, 7) is 38.1. The van der Waals surface area contributed by atoms with E-state index in [0.29, 0.717) is 27.9 Å². The molecule has 0 radical (unpaired) electrons. The maximum absolute atomic E-state index is 3.46. The van der Waals surface area contributed by atoms with Gasteiger partial charge in [-0.3, -0.25) is 9.80 Å². The number of hydrogen-bond donors (Lipinski definition) is 1. The molecule has 0 amide bonds. The summed E-state index contributed by atoms with van der Waals surface area (Å²) in [5.74, 6) is 0.836. The Balaban J connectivity index is 0.000000205. The molecule has 0 aromatic heterocycles. The average Bonchev–Trinajstić information content (AvgIpc) is 3.49. The van der Waals surface area contributed by atoms with Crippen molar-refractivity contribution in [1.82, 2.24) is 15.1 Å². The fraction of sp³-hybridized carbons (Fsp3) is 0.943. The lowest BCUT2D eigenvalue weighted by atomic mass is 9.70. The number of nitrogens with zero attached hydrogens (tertiary/aromatic N) is 2. The molecule has 3 heteroatoms. The summed E-state index contributed by atoms with van der Waals surface area (Å²) in [4.78, 5) is 5.55. The number of nitrogens with one attached hydrogen (secondary N) is 1. The Kier molecular flexibility index (Phi) is 10.2. The Hall–Kier alpha value is -0.380. The van der Waals surface area contributed by atoms with Crippen molar-refractivity contribution in [2.24, 2.45) is 16.7 Å². The molecule has 4 heterocycles. The second-order valence-corrected chi connectivity index (χ2v) is 17.8. The molecule has 224 valence electrons. The maximum Gasteiger partial charge on any atom is 0.0451 e. The number of hydrogen-bond acceptors (Lipinski definition) is 3. The predicted octanol–water partition coefficient (Wildman–Crippen LogP) is 9.07. The molecule has 38 heavy (non-hydrogen) atoms. The minimum Gasteiger partial charge on any atom is -0.312 e. The van der Waals surface area contributed by atoms with Gasteiger partial charge < -0.3 is 5.32 Å². The van der Waals surface area contributed by atoms with Gasteiger partial charge in [-0.2, -0.15) is 0 Å². The first kappa shape index (κ1) is 33.8. The van der Waals surface area contributed by atoms with Crippen LogP contribution in [0.3, 0.4) is 0 Å². The highest BCUT2D eigenvalue weighted by Crippen LogP contribution is 2.54. The zero-order chi connectivity index (χ0) is 29.5. The van der Waals surface area contributed by atoms with Crippen LogP contribution in [0.15, 0.2) is 12.2 Å². The average molecular weight is 532 g/mol. The largest absolute Gasteiger partial charge is 0.312 e. The first-order chi connectivity index (χ1) is 17.0. The molecule has 3 saturated heterocycles. The quantitative estimate of drug-likeness (QED) is 0.366. The summed E-state index contributed by atoms with van der Waals surface area (Å²) in [5.41, 5.74) is 2.15. The molecule has 3 fully saturated rings. The molecular weight excluding hydrogens is 462 g/mol. The van der Waals surface area contributed by atoms with Crippen LogP contribution in [0.4, 0.5) is 0 Å². The topological polar surface area (TPSA) is 18.5 Å². The summed E-state index contributed by atoms with van der Waals surface area (Å²) in [6, 6.07) is 2.35. The van der Waals surface area contributed by atoms with Gasteiger partial charge in [0, 0.05) is 46.8 Å². The summed E-state index contributed by atoms with van der Waals surface area (Å²) in [7, 11) is 0. The summed E-state index contributed by atoms with van der Waals surface area (Å²) < 4.78 is 0. The molecule has 4 rings (SSSR count). The van der Waals surface area contributed by atoms with E-state index in [2.05, 4.69) is 138 Å². The van der Waals surface area contributed by atoms with Crippen LogP contribution < -0.4 is 5.32 Å². The first-order valence-corrected chi connectivity index (χ1v) is 16.0. The van der Waals surface area contributed by atoms with Crippen molar-refractivity contribution >= 4 is 0 Å². The molecular formula is C35H69N3. The highest BCUT2D eigenvalue weighted by Gasteiger charge is 2.57. The van der Waals surface area contributed by atoms with E-state index >= 15 is 0 Å². The smallest absolute Gasteiger partial charge is 0.0451 e. The molecule has 2 atom stereocenters. The third-order valence-electron chi connectivity index (χ3n) is 9.71. The SMILES string of the molecule is CC(C)(C)CNC(C)(C)C.CC(C)(C)N1C2C=CC1(C(C)(C)C)CC2.CC(C)N1C2CCC1(C(C)C)CC2. The molecule has 0 spiro atoms. The van der Waals surface area contributed by atoms with Crippen molar-refractivity contribution in [2.45, 2.75) is 190 Å². The van der Waals surface area contributed by atoms with Crippen LogP contribution in [0.5, 0.6) is 0 Å². The maximum atomic E-state index is 3.46. The van der Waals surface area contributed by atoms with Gasteiger partial charge in [-0.25, -0.2) is 0 Å². The van der Waals surface area contributed by atoms with Crippen LogP contribution in [-0.4, -0.2) is 56.6 Å². The van der Waals surface area contributed by atoms with E-state index in [1.54, 1.807) is 0 Å². The van der Waals surface area contributed by atoms with Crippen molar-refractivity contribution in [3.63, 3.8) is 0 Å². The van der Waals surface area contributed by atoms with Gasteiger partial charge in [-0.1, -0.05) is 67.5 Å². The zero-order valence-corrected chi connectivity index (χ0v) is 28.8. The van der Waals surface area contributed by atoms with E-state index in [0.717, 1.165) is 24.5 Å². The van der Waals surface area contributed by atoms with Crippen LogP contribution >= 0.6 is 0 Å². The lowest BCUT2D eigenvalue weighted by molar-refractivity contribution is -0.000357. The fourth-order valence-electron chi connectivity index (χ4n) is 7.96. The fourth-order valence-corrected chi connectivity index (χ4v) is 7.96. The van der Waals surface area contributed by atoms with E-state index < -0.39 is 0 Å². The first-order valence-electron chi connectivity index (χ1n) is 16.0. The lowest BCUT2D eigenvalue weighted by Gasteiger charge is -2.50.